The summed E-state index contributed by atoms with van der Waals surface area (Å²) in [5, 5.41) is 12.2. The van der Waals surface area contributed by atoms with Crippen LogP contribution in [0.3, 0.4) is 0 Å². The number of halogens is 5. The summed E-state index contributed by atoms with van der Waals surface area (Å²) in [6, 6.07) is 13.6. The predicted octanol–water partition coefficient (Wildman–Crippen LogP) is 4.08. The molecule has 0 radical (unpaired) electrons. The largest absolute Gasteiger partial charge is 0.392 e. The Balaban J connectivity index is 2.01. The van der Waals surface area contributed by atoms with Crippen LogP contribution < -0.4 is 11.1 Å². The molecule has 0 unspecified atom stereocenters. The van der Waals surface area contributed by atoms with Crippen molar-refractivity contribution in [2.45, 2.75) is 63.9 Å². The van der Waals surface area contributed by atoms with E-state index in [0.717, 1.165) is 0 Å². The highest BCUT2D eigenvalue weighted by molar-refractivity contribution is 6.16. The number of aliphatic hydroxyl groups is 1. The molecule has 0 fully saturated rings. The summed E-state index contributed by atoms with van der Waals surface area (Å²) in [6.07, 6.45) is -10.4. The second-order valence-electron chi connectivity index (χ2n) is 9.88. The number of ketones is 1. The summed E-state index contributed by atoms with van der Waals surface area (Å²) < 4.78 is 66.3. The first-order valence-corrected chi connectivity index (χ1v) is 12.6. The number of hydrogen-bond acceptors (Lipinski definition) is 5. The molecule has 40 heavy (non-hydrogen) atoms. The number of primary amides is 1. The summed E-state index contributed by atoms with van der Waals surface area (Å²) in [7, 11) is 0. The maximum atomic E-state index is 13.5. The maximum Gasteiger partial charge on any atom is 0.389 e. The second-order valence-corrected chi connectivity index (χ2v) is 9.88. The number of nitrogens with two attached hydrogens (primary N) is 1. The number of carbonyl (C=O) groups is 3. The molecule has 0 saturated carbocycles. The molecule has 3 atom stereocenters. The molecular weight excluding hydrogens is 537 g/mol. The van der Waals surface area contributed by atoms with Gasteiger partial charge in [0.1, 0.15) is 0 Å². The average Bonchev–Trinajstić information content (AvgIpc) is 3.01. The number of benzene rings is 2. The molecule has 0 aromatic heterocycles. The fourth-order valence-electron chi connectivity index (χ4n) is 4.72. The van der Waals surface area contributed by atoms with E-state index in [1.165, 1.54) is 0 Å². The van der Waals surface area contributed by atoms with E-state index < -0.39 is 73.4 Å². The number of amides is 2. The quantitative estimate of drug-likeness (QED) is 0.354. The standard InChI is InChI=1S/C28H30F5N3O4/c1-27(29,30)12-10-19(24(34)39)20(11-13-28(31,32)33)26(40)36-25-22(38)14-21-17(15-37)8-5-9-18(21)23(35-25)16-6-3-2-4-7-16/h2-9,19-20,25,37H,10-15H2,1H3,(H2,34,39)(H,36,40)/t19-,20+,25+/m0/s1. The number of carbonyl (C=O) groups excluding carboxylic acids is 3. The highest BCUT2D eigenvalue weighted by atomic mass is 19.4. The number of hydrogen-bond donors (Lipinski definition) is 3. The number of rotatable bonds is 11. The minimum absolute atomic E-state index is 0.259. The lowest BCUT2D eigenvalue weighted by molar-refractivity contribution is -0.147. The molecule has 216 valence electrons. The Kier molecular flexibility index (Phi) is 9.78. The first kappa shape index (κ1) is 30.9. The van der Waals surface area contributed by atoms with Gasteiger partial charge in [-0.05, 0) is 30.9 Å². The SMILES string of the molecule is CC(F)(F)CC[C@H](C(N)=O)[C@@H](CCC(F)(F)F)C(=O)N[C@H]1N=C(c2ccccc2)c2cccc(CO)c2CC1=O. The number of nitrogens with one attached hydrogen (secondary N) is 1. The van der Waals surface area contributed by atoms with E-state index in [4.69, 9.17) is 5.73 Å². The highest BCUT2D eigenvalue weighted by Crippen LogP contribution is 2.32. The Bertz CT molecular complexity index is 1260. The van der Waals surface area contributed by atoms with Crippen LogP contribution in [-0.4, -0.2) is 46.7 Å². The number of fused-ring (bicyclic) bond motifs is 1. The maximum absolute atomic E-state index is 13.5. The molecule has 2 amide bonds. The first-order valence-electron chi connectivity index (χ1n) is 12.6. The molecule has 2 aromatic rings. The number of Topliss-reactive ketones (excluding diaryl/α,β-unsaturated/α-hetero) is 1. The van der Waals surface area contributed by atoms with Crippen molar-refractivity contribution >= 4 is 23.3 Å². The molecule has 1 aliphatic rings. The molecule has 0 spiro atoms. The Morgan fingerprint density at radius 3 is 2.25 bits per heavy atom. The normalized spacial score (nSPS) is 17.3. The van der Waals surface area contributed by atoms with Crippen LogP contribution in [0.5, 0.6) is 0 Å². The van der Waals surface area contributed by atoms with E-state index in [2.05, 4.69) is 10.3 Å². The zero-order valence-electron chi connectivity index (χ0n) is 21.7. The van der Waals surface area contributed by atoms with Crippen LogP contribution in [0.2, 0.25) is 0 Å². The third-order valence-electron chi connectivity index (χ3n) is 6.76. The van der Waals surface area contributed by atoms with E-state index in [1.54, 1.807) is 48.5 Å². The topological polar surface area (TPSA) is 122 Å². The molecule has 0 bridgehead atoms. The first-order chi connectivity index (χ1) is 18.7. The van der Waals surface area contributed by atoms with Gasteiger partial charge in [-0.1, -0.05) is 48.5 Å². The number of aliphatic imine (C=N–C) groups is 1. The van der Waals surface area contributed by atoms with E-state index >= 15 is 0 Å². The predicted molar refractivity (Wildman–Crippen MR) is 136 cm³/mol. The van der Waals surface area contributed by atoms with Gasteiger partial charge in [-0.15, -0.1) is 0 Å². The molecule has 4 N–H and O–H groups in total. The Morgan fingerprint density at radius 1 is 1.02 bits per heavy atom. The van der Waals surface area contributed by atoms with Crippen molar-refractivity contribution in [1.29, 1.82) is 0 Å². The molecule has 0 saturated heterocycles. The van der Waals surface area contributed by atoms with Crippen molar-refractivity contribution < 1.29 is 41.4 Å². The van der Waals surface area contributed by atoms with Crippen molar-refractivity contribution in [3.63, 3.8) is 0 Å². The van der Waals surface area contributed by atoms with Gasteiger partial charge in [-0.3, -0.25) is 19.4 Å². The molecule has 1 aliphatic heterocycles. The Morgan fingerprint density at radius 2 is 1.68 bits per heavy atom. The lowest BCUT2D eigenvalue weighted by Crippen LogP contribution is -2.47. The zero-order chi connectivity index (χ0) is 29.7. The van der Waals surface area contributed by atoms with Crippen molar-refractivity contribution in [2.24, 2.45) is 22.6 Å². The third-order valence-corrected chi connectivity index (χ3v) is 6.76. The fourth-order valence-corrected chi connectivity index (χ4v) is 4.72. The second kappa shape index (κ2) is 12.7. The lowest BCUT2D eigenvalue weighted by atomic mass is 9.83. The van der Waals surface area contributed by atoms with Crippen LogP contribution in [0.15, 0.2) is 53.5 Å². The van der Waals surface area contributed by atoms with Crippen LogP contribution >= 0.6 is 0 Å². The fraction of sp³-hybridized carbons (Fsp3) is 0.429. The number of nitrogens with zero attached hydrogens (tertiary/aromatic N) is 1. The summed E-state index contributed by atoms with van der Waals surface area (Å²) in [6.45, 7) is 0.204. The third kappa shape index (κ3) is 8.17. The van der Waals surface area contributed by atoms with Crippen molar-refractivity contribution in [2.75, 3.05) is 0 Å². The van der Waals surface area contributed by atoms with Crippen LogP contribution in [0.4, 0.5) is 22.0 Å². The van der Waals surface area contributed by atoms with Crippen molar-refractivity contribution in [1.82, 2.24) is 5.32 Å². The molecule has 3 rings (SSSR count). The van der Waals surface area contributed by atoms with Gasteiger partial charge in [0.15, 0.2) is 11.9 Å². The molecule has 0 aliphatic carbocycles. The van der Waals surface area contributed by atoms with E-state index in [1.807, 2.05) is 0 Å². The van der Waals surface area contributed by atoms with Gasteiger partial charge >= 0.3 is 6.18 Å². The van der Waals surface area contributed by atoms with Gasteiger partial charge in [0.2, 0.25) is 17.7 Å². The minimum atomic E-state index is -4.70. The number of aliphatic hydroxyl groups excluding tert-OH is 1. The van der Waals surface area contributed by atoms with Crippen LogP contribution in [0.1, 0.15) is 54.9 Å². The highest BCUT2D eigenvalue weighted by Gasteiger charge is 2.39. The van der Waals surface area contributed by atoms with Crippen LogP contribution in [0.25, 0.3) is 0 Å². The molecule has 2 aromatic carbocycles. The minimum Gasteiger partial charge on any atom is -0.392 e. The van der Waals surface area contributed by atoms with Gasteiger partial charge in [0.05, 0.1) is 12.3 Å². The van der Waals surface area contributed by atoms with Gasteiger partial charge in [-0.2, -0.15) is 13.2 Å². The van der Waals surface area contributed by atoms with Gasteiger partial charge in [-0.25, -0.2) is 8.78 Å². The Hall–Kier alpha value is -3.67. The van der Waals surface area contributed by atoms with Crippen LogP contribution in [-0.2, 0) is 27.4 Å². The molecule has 12 heteroatoms. The van der Waals surface area contributed by atoms with E-state index in [9.17, 15) is 41.4 Å². The average molecular weight is 568 g/mol. The van der Waals surface area contributed by atoms with Gasteiger partial charge < -0.3 is 16.2 Å². The number of alkyl halides is 5. The summed E-state index contributed by atoms with van der Waals surface area (Å²) >= 11 is 0. The summed E-state index contributed by atoms with van der Waals surface area (Å²) in [5.41, 5.74) is 7.68. The smallest absolute Gasteiger partial charge is 0.389 e. The van der Waals surface area contributed by atoms with E-state index in [0.29, 0.717) is 34.9 Å². The van der Waals surface area contributed by atoms with Crippen LogP contribution in [0, 0.1) is 11.8 Å². The molecule has 7 nitrogen and oxygen atoms in total. The lowest BCUT2D eigenvalue weighted by Gasteiger charge is -2.27. The Labute approximate surface area is 227 Å². The summed E-state index contributed by atoms with van der Waals surface area (Å²) in [4.78, 5) is 43.3. The zero-order valence-corrected chi connectivity index (χ0v) is 21.7. The van der Waals surface area contributed by atoms with Crippen molar-refractivity contribution in [3.8, 4) is 0 Å². The van der Waals surface area contributed by atoms with E-state index in [-0.39, 0.29) is 13.0 Å². The monoisotopic (exact) mass is 567 g/mol. The van der Waals surface area contributed by atoms with Crippen molar-refractivity contribution in [3.05, 3.63) is 70.8 Å². The van der Waals surface area contributed by atoms with Gasteiger partial charge in [0.25, 0.3) is 0 Å². The van der Waals surface area contributed by atoms with Gasteiger partial charge in [0, 0.05) is 42.2 Å². The summed E-state index contributed by atoms with van der Waals surface area (Å²) in [5.74, 6) is -9.57. The molecular formula is C28H30F5N3O4. The molecule has 1 heterocycles.